The molecule has 1 heterocycles. The number of benzene rings is 3. The SMILES string of the molecule is CCCCOC(=O)c1ccc(N2C(=O)C(Cl)=C(Nc3cccc(C(=O)Nc4ccccc4C(C)C)c3)C2=O)cc1. The second kappa shape index (κ2) is 12.6. The predicted molar refractivity (Wildman–Crippen MR) is 156 cm³/mol. The first-order chi connectivity index (χ1) is 19.2. The molecule has 8 nitrogen and oxygen atoms in total. The van der Waals surface area contributed by atoms with E-state index in [4.69, 9.17) is 16.3 Å². The number of amides is 3. The molecule has 0 aliphatic carbocycles. The molecule has 1 aliphatic rings. The predicted octanol–water partition coefficient (Wildman–Crippen LogP) is 6.45. The Hall–Kier alpha value is -4.43. The van der Waals surface area contributed by atoms with Crippen molar-refractivity contribution in [3.05, 3.63) is 100 Å². The Morgan fingerprint density at radius 3 is 2.35 bits per heavy atom. The van der Waals surface area contributed by atoms with Crippen LogP contribution in [0.25, 0.3) is 0 Å². The highest BCUT2D eigenvalue weighted by Crippen LogP contribution is 2.31. The number of imide groups is 1. The summed E-state index contributed by atoms with van der Waals surface area (Å²) in [6.45, 7) is 6.42. The highest BCUT2D eigenvalue weighted by Gasteiger charge is 2.39. The van der Waals surface area contributed by atoms with Crippen LogP contribution in [0.5, 0.6) is 0 Å². The number of nitrogens with zero attached hydrogens (tertiary/aromatic N) is 1. The molecule has 0 unspecified atom stereocenters. The van der Waals surface area contributed by atoms with Crippen molar-refractivity contribution in [1.82, 2.24) is 0 Å². The maximum atomic E-state index is 13.2. The molecule has 40 heavy (non-hydrogen) atoms. The van der Waals surface area contributed by atoms with Gasteiger partial charge in [-0.2, -0.15) is 0 Å². The van der Waals surface area contributed by atoms with Gasteiger partial charge in [-0.05, 0) is 66.4 Å². The van der Waals surface area contributed by atoms with Gasteiger partial charge >= 0.3 is 5.97 Å². The molecule has 3 aromatic carbocycles. The van der Waals surface area contributed by atoms with E-state index in [9.17, 15) is 19.2 Å². The van der Waals surface area contributed by atoms with E-state index in [0.29, 0.717) is 23.4 Å². The zero-order chi connectivity index (χ0) is 28.8. The van der Waals surface area contributed by atoms with Crippen molar-refractivity contribution < 1.29 is 23.9 Å². The molecule has 3 amide bonds. The number of esters is 1. The third-order valence-electron chi connectivity index (χ3n) is 6.34. The molecule has 0 saturated heterocycles. The van der Waals surface area contributed by atoms with Gasteiger partial charge in [0, 0.05) is 16.9 Å². The number of nitrogens with one attached hydrogen (secondary N) is 2. The van der Waals surface area contributed by atoms with Crippen molar-refractivity contribution >= 4 is 52.4 Å². The monoisotopic (exact) mass is 559 g/mol. The Labute approximate surface area is 238 Å². The van der Waals surface area contributed by atoms with Gasteiger partial charge in [0.2, 0.25) is 0 Å². The summed E-state index contributed by atoms with van der Waals surface area (Å²) >= 11 is 6.28. The first-order valence-electron chi connectivity index (χ1n) is 13.0. The van der Waals surface area contributed by atoms with Crippen molar-refractivity contribution in [2.75, 3.05) is 22.1 Å². The smallest absolute Gasteiger partial charge is 0.338 e. The van der Waals surface area contributed by atoms with Gasteiger partial charge in [-0.3, -0.25) is 14.4 Å². The molecule has 0 saturated carbocycles. The average molecular weight is 560 g/mol. The highest BCUT2D eigenvalue weighted by molar-refractivity contribution is 6.53. The summed E-state index contributed by atoms with van der Waals surface area (Å²) in [5.41, 5.74) is 2.95. The van der Waals surface area contributed by atoms with E-state index in [-0.39, 0.29) is 28.2 Å². The van der Waals surface area contributed by atoms with Crippen LogP contribution in [0.4, 0.5) is 17.1 Å². The quantitative estimate of drug-likeness (QED) is 0.168. The molecular weight excluding hydrogens is 530 g/mol. The van der Waals surface area contributed by atoms with Crippen molar-refractivity contribution in [3.63, 3.8) is 0 Å². The lowest BCUT2D eigenvalue weighted by atomic mass is 10.0. The van der Waals surface area contributed by atoms with Crippen LogP contribution >= 0.6 is 11.6 Å². The molecule has 1 aliphatic heterocycles. The van der Waals surface area contributed by atoms with E-state index < -0.39 is 17.8 Å². The van der Waals surface area contributed by atoms with Crippen LogP contribution in [0.3, 0.4) is 0 Å². The number of ether oxygens (including phenoxy) is 1. The summed E-state index contributed by atoms with van der Waals surface area (Å²) in [6, 6.07) is 20.1. The van der Waals surface area contributed by atoms with Crippen LogP contribution in [0.2, 0.25) is 0 Å². The third-order valence-corrected chi connectivity index (χ3v) is 6.70. The standard InChI is InChI=1S/C31H30ClN3O5/c1-4-5-17-40-31(39)20-13-15-23(16-14-20)35-29(37)26(32)27(30(35)38)33-22-10-8-9-21(18-22)28(36)34-25-12-7-6-11-24(25)19(2)3/h6-16,18-19,33H,4-5,17H2,1-3H3,(H,34,36). The van der Waals surface area contributed by atoms with Gasteiger partial charge in [-0.1, -0.05) is 63.1 Å². The summed E-state index contributed by atoms with van der Waals surface area (Å²) in [7, 11) is 0. The summed E-state index contributed by atoms with van der Waals surface area (Å²) in [5.74, 6) is -1.93. The molecule has 0 atom stereocenters. The maximum Gasteiger partial charge on any atom is 0.338 e. The van der Waals surface area contributed by atoms with Crippen LogP contribution in [0, 0.1) is 0 Å². The van der Waals surface area contributed by atoms with Gasteiger partial charge in [0.25, 0.3) is 17.7 Å². The van der Waals surface area contributed by atoms with Crippen LogP contribution in [0.1, 0.15) is 65.8 Å². The Bertz CT molecular complexity index is 1480. The van der Waals surface area contributed by atoms with E-state index in [1.807, 2.05) is 45.0 Å². The number of hydrogen-bond donors (Lipinski definition) is 2. The topological polar surface area (TPSA) is 105 Å². The van der Waals surface area contributed by atoms with E-state index in [2.05, 4.69) is 10.6 Å². The van der Waals surface area contributed by atoms with Crippen LogP contribution < -0.4 is 15.5 Å². The number of anilines is 3. The van der Waals surface area contributed by atoms with Gasteiger partial charge in [0.15, 0.2) is 0 Å². The highest BCUT2D eigenvalue weighted by atomic mass is 35.5. The van der Waals surface area contributed by atoms with E-state index in [1.165, 1.54) is 24.3 Å². The van der Waals surface area contributed by atoms with Gasteiger partial charge < -0.3 is 15.4 Å². The fourth-order valence-electron chi connectivity index (χ4n) is 4.18. The minimum absolute atomic E-state index is 0.113. The molecule has 0 spiro atoms. The summed E-state index contributed by atoms with van der Waals surface area (Å²) in [5, 5.41) is 5.56. The lowest BCUT2D eigenvalue weighted by Gasteiger charge is -2.16. The number of carbonyl (C=O) groups is 4. The number of para-hydroxylation sites is 1. The second-order valence-corrected chi connectivity index (χ2v) is 9.95. The van der Waals surface area contributed by atoms with Crippen molar-refractivity contribution in [2.24, 2.45) is 0 Å². The Kier molecular flexibility index (Phi) is 9.01. The number of unbranched alkanes of at least 4 members (excludes halogenated alkanes) is 1. The summed E-state index contributed by atoms with van der Waals surface area (Å²) < 4.78 is 5.20. The average Bonchev–Trinajstić information content (AvgIpc) is 3.16. The molecule has 4 rings (SSSR count). The Morgan fingerprint density at radius 2 is 1.65 bits per heavy atom. The lowest BCUT2D eigenvalue weighted by molar-refractivity contribution is -0.120. The molecular formula is C31H30ClN3O5. The number of halogens is 1. The molecule has 0 bridgehead atoms. The van der Waals surface area contributed by atoms with Crippen molar-refractivity contribution in [2.45, 2.75) is 39.5 Å². The first kappa shape index (κ1) is 28.6. The summed E-state index contributed by atoms with van der Waals surface area (Å²) in [6.07, 6.45) is 1.67. The summed E-state index contributed by atoms with van der Waals surface area (Å²) in [4.78, 5) is 52.2. The zero-order valence-electron chi connectivity index (χ0n) is 22.5. The van der Waals surface area contributed by atoms with E-state index in [0.717, 1.165) is 29.0 Å². The molecule has 0 radical (unpaired) electrons. The molecule has 0 fully saturated rings. The van der Waals surface area contributed by atoms with Crippen molar-refractivity contribution in [1.29, 1.82) is 0 Å². The maximum absolute atomic E-state index is 13.2. The van der Waals surface area contributed by atoms with Gasteiger partial charge in [0.05, 0.1) is 17.9 Å². The van der Waals surface area contributed by atoms with Crippen LogP contribution in [-0.2, 0) is 14.3 Å². The van der Waals surface area contributed by atoms with E-state index in [1.54, 1.807) is 24.3 Å². The van der Waals surface area contributed by atoms with Crippen molar-refractivity contribution in [3.8, 4) is 0 Å². The van der Waals surface area contributed by atoms with Crippen LogP contribution in [-0.4, -0.2) is 30.3 Å². The number of carbonyl (C=O) groups excluding carboxylic acids is 4. The number of rotatable bonds is 10. The first-order valence-corrected chi connectivity index (χ1v) is 13.4. The molecule has 2 N–H and O–H groups in total. The van der Waals surface area contributed by atoms with Gasteiger partial charge in [-0.25, -0.2) is 9.69 Å². The van der Waals surface area contributed by atoms with Gasteiger partial charge in [-0.15, -0.1) is 0 Å². The fourth-order valence-corrected chi connectivity index (χ4v) is 4.39. The molecule has 3 aromatic rings. The lowest BCUT2D eigenvalue weighted by Crippen LogP contribution is -2.32. The van der Waals surface area contributed by atoms with E-state index >= 15 is 0 Å². The third kappa shape index (κ3) is 6.24. The molecule has 206 valence electrons. The minimum atomic E-state index is -0.702. The molecule has 9 heteroatoms. The largest absolute Gasteiger partial charge is 0.462 e. The Morgan fingerprint density at radius 1 is 0.925 bits per heavy atom. The minimum Gasteiger partial charge on any atom is -0.462 e. The zero-order valence-corrected chi connectivity index (χ0v) is 23.2. The second-order valence-electron chi connectivity index (χ2n) is 9.57. The number of hydrogen-bond acceptors (Lipinski definition) is 6. The Balaban J connectivity index is 1.48. The molecule has 0 aromatic heterocycles. The fraction of sp³-hybridized carbons (Fsp3) is 0.226. The van der Waals surface area contributed by atoms with Crippen LogP contribution in [0.15, 0.2) is 83.5 Å². The normalized spacial score (nSPS) is 13.2. The van der Waals surface area contributed by atoms with Gasteiger partial charge in [0.1, 0.15) is 10.7 Å².